The van der Waals surface area contributed by atoms with Crippen LogP contribution in [0.3, 0.4) is 0 Å². The quantitative estimate of drug-likeness (QED) is 0.262. The number of ether oxygens (including phenoxy) is 1. The molecule has 15 heteroatoms. The van der Waals surface area contributed by atoms with Crippen LogP contribution in [-0.4, -0.2) is 88.1 Å². The summed E-state index contributed by atoms with van der Waals surface area (Å²) in [5.74, 6) is -1.13. The molecule has 46 heavy (non-hydrogen) atoms. The Bertz CT molecular complexity index is 1570. The molecule has 1 amide bonds. The minimum atomic E-state index is -4.67. The number of hydrogen-bond acceptors (Lipinski definition) is 9. The van der Waals surface area contributed by atoms with Gasteiger partial charge in [-0.15, -0.1) is 0 Å². The molecule has 0 aromatic carbocycles. The topological polar surface area (TPSA) is 117 Å². The second-order valence-corrected chi connectivity index (χ2v) is 12.5. The van der Waals surface area contributed by atoms with Crippen LogP contribution in [0.15, 0.2) is 18.5 Å². The number of rotatable bonds is 7. The van der Waals surface area contributed by atoms with Gasteiger partial charge in [0.1, 0.15) is 23.8 Å². The van der Waals surface area contributed by atoms with Crippen molar-refractivity contribution < 1.29 is 27.1 Å². The van der Waals surface area contributed by atoms with Crippen LogP contribution in [-0.2, 0) is 28.7 Å². The number of halogens is 4. The number of piperazine rings is 1. The number of carbonyl (C=O) groups excluding carboxylic acids is 1. The SMILES string of the molecule is [C-]#[N+]C[C@H]1CN(c2nc(NCC34CCCN3CCC4)nc3c2COC(c2nc(N)cc(C)c2C(F)(F)F)C3)CCN1C(=O)C(=C)F. The molecule has 246 valence electrons. The Kier molecular flexibility index (Phi) is 8.53. The molecular weight excluding hydrogens is 606 g/mol. The summed E-state index contributed by atoms with van der Waals surface area (Å²) >= 11 is 0. The number of fused-ring (bicyclic) bond motifs is 2. The number of nitrogens with one attached hydrogen (secondary N) is 1. The predicted octanol–water partition coefficient (Wildman–Crippen LogP) is 4.06. The van der Waals surface area contributed by atoms with Crippen LogP contribution in [0.4, 0.5) is 35.1 Å². The first-order valence-electron chi connectivity index (χ1n) is 15.5. The number of amides is 1. The second kappa shape index (κ2) is 12.3. The lowest BCUT2D eigenvalue weighted by atomic mass is 9.94. The van der Waals surface area contributed by atoms with Crippen LogP contribution < -0.4 is 16.0 Å². The Morgan fingerprint density at radius 3 is 2.63 bits per heavy atom. The van der Waals surface area contributed by atoms with Gasteiger partial charge in [0.05, 0.1) is 23.6 Å². The molecule has 2 atom stereocenters. The maximum absolute atomic E-state index is 14.2. The number of nitrogen functional groups attached to an aromatic ring is 1. The molecule has 11 nitrogen and oxygen atoms in total. The number of aryl methyl sites for hydroxylation is 1. The van der Waals surface area contributed by atoms with Crippen molar-refractivity contribution in [1.82, 2.24) is 24.8 Å². The lowest BCUT2D eigenvalue weighted by Crippen LogP contribution is -2.57. The predicted molar refractivity (Wildman–Crippen MR) is 162 cm³/mol. The highest BCUT2D eigenvalue weighted by Crippen LogP contribution is 2.42. The van der Waals surface area contributed by atoms with E-state index in [0.717, 1.165) is 38.8 Å². The Balaban J connectivity index is 1.36. The Morgan fingerprint density at radius 1 is 1.22 bits per heavy atom. The van der Waals surface area contributed by atoms with E-state index < -0.39 is 35.6 Å². The van der Waals surface area contributed by atoms with E-state index in [2.05, 4.69) is 26.6 Å². The first kappa shape index (κ1) is 31.9. The van der Waals surface area contributed by atoms with Gasteiger partial charge in [0.15, 0.2) is 5.83 Å². The van der Waals surface area contributed by atoms with Gasteiger partial charge in [-0.3, -0.25) is 9.69 Å². The molecule has 1 unspecified atom stereocenters. The summed E-state index contributed by atoms with van der Waals surface area (Å²) in [6.45, 7) is 15.1. The normalized spacial score (nSPS) is 22.7. The summed E-state index contributed by atoms with van der Waals surface area (Å²) in [6, 6.07) is 0.575. The largest absolute Gasteiger partial charge is 0.418 e. The number of pyridine rings is 1. The number of nitrogens with zero attached hydrogens (tertiary/aromatic N) is 7. The Morgan fingerprint density at radius 2 is 1.96 bits per heavy atom. The lowest BCUT2D eigenvalue weighted by molar-refractivity contribution is -0.140. The number of hydrogen-bond donors (Lipinski definition) is 2. The van der Waals surface area contributed by atoms with E-state index >= 15 is 0 Å². The zero-order valence-corrected chi connectivity index (χ0v) is 25.7. The van der Waals surface area contributed by atoms with E-state index in [1.165, 1.54) is 17.9 Å². The molecule has 0 radical (unpaired) electrons. The standard InChI is InChI=1S/C31H37F4N9O2/c1-18-12-24(36)40-26(25(18)31(33,34)35)23-13-22-21(16-46-23)27(42-10-11-44(28(45)19(2)32)20(15-42)14-37-3)41-29(39-22)38-17-30-6-4-8-43(30)9-5-7-30/h12,20,23H,2,4-11,13-17H2,1H3,(H2,36,40)(H,38,39,41)/t20-,23?/m0/s1. The molecule has 2 aromatic heterocycles. The molecule has 3 fully saturated rings. The summed E-state index contributed by atoms with van der Waals surface area (Å²) < 4.78 is 62.4. The molecule has 0 aliphatic carbocycles. The maximum atomic E-state index is 14.2. The molecule has 6 heterocycles. The number of anilines is 3. The van der Waals surface area contributed by atoms with Crippen molar-refractivity contribution in [3.63, 3.8) is 0 Å². The molecule has 0 saturated carbocycles. The van der Waals surface area contributed by atoms with E-state index in [0.29, 0.717) is 29.6 Å². The van der Waals surface area contributed by atoms with Crippen LogP contribution >= 0.6 is 0 Å². The van der Waals surface area contributed by atoms with E-state index in [-0.39, 0.29) is 61.8 Å². The van der Waals surface area contributed by atoms with Crippen molar-refractivity contribution in [2.75, 3.05) is 61.8 Å². The molecule has 2 aromatic rings. The molecule has 4 aliphatic heterocycles. The summed E-state index contributed by atoms with van der Waals surface area (Å²) in [5.41, 5.74) is 5.83. The third kappa shape index (κ3) is 5.95. The number of aromatic nitrogens is 3. The first-order valence-corrected chi connectivity index (χ1v) is 15.5. The highest BCUT2D eigenvalue weighted by molar-refractivity contribution is 5.91. The molecule has 3 N–H and O–H groups in total. The van der Waals surface area contributed by atoms with Gasteiger partial charge < -0.3 is 30.4 Å². The van der Waals surface area contributed by atoms with Crippen LogP contribution in [0, 0.1) is 13.5 Å². The minimum absolute atomic E-state index is 0.00137. The van der Waals surface area contributed by atoms with Gasteiger partial charge in [-0.05, 0) is 57.3 Å². The first-order chi connectivity index (χ1) is 21.9. The summed E-state index contributed by atoms with van der Waals surface area (Å²) in [6.07, 6.45) is -1.38. The smallest absolute Gasteiger partial charge is 0.384 e. The van der Waals surface area contributed by atoms with Crippen LogP contribution in [0.25, 0.3) is 4.85 Å². The van der Waals surface area contributed by atoms with Gasteiger partial charge in [0.25, 0.3) is 5.91 Å². The molecule has 6 rings (SSSR count). The molecule has 0 spiro atoms. The van der Waals surface area contributed by atoms with Crippen LogP contribution in [0.2, 0.25) is 0 Å². The van der Waals surface area contributed by atoms with E-state index in [4.69, 9.17) is 27.0 Å². The Labute approximate surface area is 264 Å². The Hall–Kier alpha value is -4.03. The third-order valence-electron chi connectivity index (χ3n) is 9.70. The van der Waals surface area contributed by atoms with Crippen molar-refractivity contribution in [3.8, 4) is 0 Å². The van der Waals surface area contributed by atoms with Crippen LogP contribution in [0.1, 0.15) is 59.9 Å². The molecule has 4 aliphatic rings. The fraction of sp³-hybridized carbons (Fsp3) is 0.581. The molecule has 0 bridgehead atoms. The number of carbonyl (C=O) groups is 1. The van der Waals surface area contributed by atoms with Gasteiger partial charge >= 0.3 is 6.18 Å². The zero-order chi connectivity index (χ0) is 32.8. The van der Waals surface area contributed by atoms with Gasteiger partial charge in [-0.25, -0.2) is 20.9 Å². The summed E-state index contributed by atoms with van der Waals surface area (Å²) in [4.78, 5) is 35.5. The highest BCUT2D eigenvalue weighted by Gasteiger charge is 2.45. The fourth-order valence-corrected chi connectivity index (χ4v) is 7.58. The van der Waals surface area contributed by atoms with Crippen molar-refractivity contribution in [2.24, 2.45) is 0 Å². The average molecular weight is 644 g/mol. The van der Waals surface area contributed by atoms with E-state index in [9.17, 15) is 22.4 Å². The van der Waals surface area contributed by atoms with E-state index in [1.807, 2.05) is 4.90 Å². The summed E-state index contributed by atoms with van der Waals surface area (Å²) in [5, 5.41) is 3.44. The van der Waals surface area contributed by atoms with Crippen molar-refractivity contribution in [3.05, 3.63) is 58.0 Å². The second-order valence-electron chi connectivity index (χ2n) is 12.5. The lowest BCUT2D eigenvalue weighted by Gasteiger charge is -2.41. The minimum Gasteiger partial charge on any atom is -0.384 e. The van der Waals surface area contributed by atoms with Gasteiger partial charge in [0.2, 0.25) is 12.5 Å². The monoisotopic (exact) mass is 643 g/mol. The van der Waals surface area contributed by atoms with Crippen molar-refractivity contribution in [1.29, 1.82) is 0 Å². The maximum Gasteiger partial charge on any atom is 0.418 e. The van der Waals surface area contributed by atoms with Crippen LogP contribution in [0.5, 0.6) is 0 Å². The highest BCUT2D eigenvalue weighted by atomic mass is 19.4. The van der Waals surface area contributed by atoms with E-state index in [1.54, 1.807) is 0 Å². The number of alkyl halides is 3. The number of nitrogens with two attached hydrogens (primary N) is 1. The fourth-order valence-electron chi connectivity index (χ4n) is 7.58. The van der Waals surface area contributed by atoms with Gasteiger partial charge in [0, 0.05) is 43.7 Å². The third-order valence-corrected chi connectivity index (χ3v) is 9.70. The van der Waals surface area contributed by atoms with Gasteiger partial charge in [-0.2, -0.15) is 18.2 Å². The van der Waals surface area contributed by atoms with Crippen molar-refractivity contribution in [2.45, 2.75) is 69.5 Å². The molecular formula is C31H37F4N9O2. The van der Waals surface area contributed by atoms with Crippen molar-refractivity contribution >= 4 is 23.5 Å². The average Bonchev–Trinajstić information content (AvgIpc) is 3.59. The van der Waals surface area contributed by atoms with Gasteiger partial charge in [-0.1, -0.05) is 6.58 Å². The summed E-state index contributed by atoms with van der Waals surface area (Å²) in [7, 11) is 0. The zero-order valence-electron chi connectivity index (χ0n) is 25.7. The molecule has 3 saturated heterocycles.